The first-order valence-corrected chi connectivity index (χ1v) is 5.45. The summed E-state index contributed by atoms with van der Waals surface area (Å²) in [6, 6.07) is 7.24. The quantitative estimate of drug-likeness (QED) is 0.733. The molecule has 2 aromatic carbocycles. The average molecular weight is 263 g/mol. The number of rotatable bonds is 1. The molecule has 0 saturated carbocycles. The molecule has 0 aliphatic carbocycles. The van der Waals surface area contributed by atoms with E-state index in [4.69, 9.17) is 5.73 Å². The fourth-order valence-corrected chi connectivity index (χ4v) is 1.98. The standard InChI is InChI=1S/C13H8F3N3/c14-7-1-3-9(4-2-7)19-11-6-8(15)5-10(16)12(11)18-13(19)17/h1-6H,(H2,17,18). The highest BCUT2D eigenvalue weighted by atomic mass is 19.1. The zero-order chi connectivity index (χ0) is 13.6. The van der Waals surface area contributed by atoms with Crippen LogP contribution in [0.4, 0.5) is 19.1 Å². The number of anilines is 1. The zero-order valence-corrected chi connectivity index (χ0v) is 9.57. The van der Waals surface area contributed by atoms with Crippen LogP contribution in [0.25, 0.3) is 16.7 Å². The summed E-state index contributed by atoms with van der Waals surface area (Å²) in [7, 11) is 0. The van der Waals surface area contributed by atoms with Crippen LogP contribution >= 0.6 is 0 Å². The molecular formula is C13H8F3N3. The minimum absolute atomic E-state index is 0.00566. The molecular weight excluding hydrogens is 255 g/mol. The summed E-state index contributed by atoms with van der Waals surface area (Å²) in [6.45, 7) is 0. The van der Waals surface area contributed by atoms with Crippen molar-refractivity contribution in [3.05, 3.63) is 53.8 Å². The lowest BCUT2D eigenvalue weighted by molar-refractivity contribution is 0.590. The monoisotopic (exact) mass is 263 g/mol. The molecule has 3 aromatic rings. The lowest BCUT2D eigenvalue weighted by Crippen LogP contribution is -2.00. The van der Waals surface area contributed by atoms with Gasteiger partial charge < -0.3 is 5.73 Å². The van der Waals surface area contributed by atoms with Gasteiger partial charge >= 0.3 is 0 Å². The molecule has 0 amide bonds. The smallest absolute Gasteiger partial charge is 0.206 e. The molecule has 0 fully saturated rings. The van der Waals surface area contributed by atoms with E-state index < -0.39 is 17.5 Å². The van der Waals surface area contributed by atoms with Crippen LogP contribution in [-0.2, 0) is 0 Å². The Bertz CT molecular complexity index is 763. The predicted octanol–water partition coefficient (Wildman–Crippen LogP) is 3.03. The van der Waals surface area contributed by atoms with Gasteiger partial charge in [0, 0.05) is 17.8 Å². The van der Waals surface area contributed by atoms with Crippen molar-refractivity contribution in [3.8, 4) is 5.69 Å². The van der Waals surface area contributed by atoms with E-state index in [9.17, 15) is 13.2 Å². The summed E-state index contributed by atoms with van der Waals surface area (Å²) in [6.07, 6.45) is 0. The minimum Gasteiger partial charge on any atom is -0.369 e. The number of benzene rings is 2. The summed E-state index contributed by atoms with van der Waals surface area (Å²) < 4.78 is 41.1. The van der Waals surface area contributed by atoms with E-state index in [1.165, 1.54) is 28.8 Å². The molecule has 0 aliphatic rings. The van der Waals surface area contributed by atoms with E-state index >= 15 is 0 Å². The van der Waals surface area contributed by atoms with Crippen molar-refractivity contribution in [1.82, 2.24) is 9.55 Å². The van der Waals surface area contributed by atoms with Crippen LogP contribution in [0.15, 0.2) is 36.4 Å². The van der Waals surface area contributed by atoms with Crippen LogP contribution in [0.1, 0.15) is 0 Å². The molecule has 3 rings (SSSR count). The van der Waals surface area contributed by atoms with Gasteiger partial charge in [-0.1, -0.05) is 0 Å². The van der Waals surface area contributed by atoms with E-state index in [0.717, 1.165) is 12.1 Å². The molecule has 96 valence electrons. The third kappa shape index (κ3) is 1.81. The van der Waals surface area contributed by atoms with Crippen molar-refractivity contribution in [2.75, 3.05) is 5.73 Å². The number of nitrogens with zero attached hydrogens (tertiary/aromatic N) is 2. The van der Waals surface area contributed by atoms with Gasteiger partial charge in [0.05, 0.1) is 5.52 Å². The van der Waals surface area contributed by atoms with Crippen molar-refractivity contribution in [2.45, 2.75) is 0 Å². The second-order valence-corrected chi connectivity index (χ2v) is 4.04. The fourth-order valence-electron chi connectivity index (χ4n) is 1.98. The first-order chi connectivity index (χ1) is 9.06. The van der Waals surface area contributed by atoms with E-state index in [-0.39, 0.29) is 17.0 Å². The van der Waals surface area contributed by atoms with Gasteiger partial charge in [-0.05, 0) is 24.3 Å². The third-order valence-electron chi connectivity index (χ3n) is 2.79. The molecule has 0 spiro atoms. The summed E-state index contributed by atoms with van der Waals surface area (Å²) in [5.74, 6) is -1.92. The summed E-state index contributed by atoms with van der Waals surface area (Å²) >= 11 is 0. The highest BCUT2D eigenvalue weighted by Crippen LogP contribution is 2.25. The molecule has 0 saturated heterocycles. The molecule has 2 N–H and O–H groups in total. The Hall–Kier alpha value is -2.50. The number of fused-ring (bicyclic) bond motifs is 1. The van der Waals surface area contributed by atoms with E-state index in [1.54, 1.807) is 0 Å². The Balaban J connectivity index is 2.34. The fraction of sp³-hybridized carbons (Fsp3) is 0. The number of nitrogen functional groups attached to an aromatic ring is 1. The van der Waals surface area contributed by atoms with Crippen LogP contribution in [-0.4, -0.2) is 9.55 Å². The average Bonchev–Trinajstić information content (AvgIpc) is 2.67. The Morgan fingerprint density at radius 2 is 1.63 bits per heavy atom. The third-order valence-corrected chi connectivity index (χ3v) is 2.79. The summed E-state index contributed by atoms with van der Waals surface area (Å²) in [5.41, 5.74) is 6.36. The molecule has 0 bridgehead atoms. The lowest BCUT2D eigenvalue weighted by Gasteiger charge is -2.06. The number of hydrogen-bond donors (Lipinski definition) is 1. The Morgan fingerprint density at radius 1 is 0.947 bits per heavy atom. The Kier molecular flexibility index (Phi) is 2.45. The molecule has 19 heavy (non-hydrogen) atoms. The first-order valence-electron chi connectivity index (χ1n) is 5.45. The molecule has 1 aromatic heterocycles. The molecule has 3 nitrogen and oxygen atoms in total. The maximum atomic E-state index is 13.6. The lowest BCUT2D eigenvalue weighted by atomic mass is 10.2. The molecule has 0 atom stereocenters. The predicted molar refractivity (Wildman–Crippen MR) is 65.4 cm³/mol. The van der Waals surface area contributed by atoms with Crippen LogP contribution in [0.5, 0.6) is 0 Å². The second kappa shape index (κ2) is 4.01. The van der Waals surface area contributed by atoms with E-state index in [0.29, 0.717) is 5.69 Å². The van der Waals surface area contributed by atoms with Gasteiger partial charge in [0.1, 0.15) is 17.2 Å². The second-order valence-electron chi connectivity index (χ2n) is 4.04. The van der Waals surface area contributed by atoms with Crippen LogP contribution in [0, 0.1) is 17.5 Å². The maximum absolute atomic E-state index is 13.6. The molecule has 0 aliphatic heterocycles. The highest BCUT2D eigenvalue weighted by molar-refractivity contribution is 5.81. The van der Waals surface area contributed by atoms with E-state index in [1.807, 2.05) is 0 Å². The van der Waals surface area contributed by atoms with Crippen molar-refractivity contribution >= 4 is 17.0 Å². The Labute approximate surface area is 106 Å². The van der Waals surface area contributed by atoms with Gasteiger partial charge in [-0.25, -0.2) is 18.2 Å². The molecule has 0 radical (unpaired) electrons. The highest BCUT2D eigenvalue weighted by Gasteiger charge is 2.15. The number of aromatic nitrogens is 2. The van der Waals surface area contributed by atoms with E-state index in [2.05, 4.69) is 4.98 Å². The van der Waals surface area contributed by atoms with Gasteiger partial charge in [0.25, 0.3) is 0 Å². The summed E-state index contributed by atoms with van der Waals surface area (Å²) in [5, 5.41) is 0. The van der Waals surface area contributed by atoms with Crippen LogP contribution in [0.3, 0.4) is 0 Å². The number of imidazole rings is 1. The molecule has 1 heterocycles. The Morgan fingerprint density at radius 3 is 2.32 bits per heavy atom. The normalized spacial score (nSPS) is 11.1. The topological polar surface area (TPSA) is 43.8 Å². The van der Waals surface area contributed by atoms with Crippen LogP contribution < -0.4 is 5.73 Å². The molecule has 6 heteroatoms. The van der Waals surface area contributed by atoms with Crippen molar-refractivity contribution in [2.24, 2.45) is 0 Å². The first kappa shape index (κ1) is 11.6. The number of halogens is 3. The van der Waals surface area contributed by atoms with Gasteiger partial charge in [0.15, 0.2) is 5.82 Å². The minimum atomic E-state index is -0.789. The molecule has 0 unspecified atom stereocenters. The number of hydrogen-bond acceptors (Lipinski definition) is 2. The number of nitrogens with two attached hydrogens (primary N) is 1. The van der Waals surface area contributed by atoms with Crippen molar-refractivity contribution < 1.29 is 13.2 Å². The zero-order valence-electron chi connectivity index (χ0n) is 9.57. The van der Waals surface area contributed by atoms with Crippen LogP contribution in [0.2, 0.25) is 0 Å². The van der Waals surface area contributed by atoms with Gasteiger partial charge in [-0.15, -0.1) is 0 Å². The SMILES string of the molecule is Nc1nc2c(F)cc(F)cc2n1-c1ccc(F)cc1. The van der Waals surface area contributed by atoms with Crippen molar-refractivity contribution in [3.63, 3.8) is 0 Å². The van der Waals surface area contributed by atoms with Crippen molar-refractivity contribution in [1.29, 1.82) is 0 Å². The largest absolute Gasteiger partial charge is 0.369 e. The van der Waals surface area contributed by atoms with Gasteiger partial charge in [0.2, 0.25) is 5.95 Å². The van der Waals surface area contributed by atoms with Gasteiger partial charge in [-0.2, -0.15) is 0 Å². The maximum Gasteiger partial charge on any atom is 0.206 e. The van der Waals surface area contributed by atoms with Gasteiger partial charge in [-0.3, -0.25) is 4.57 Å². The summed E-state index contributed by atoms with van der Waals surface area (Å²) in [4.78, 5) is 3.86.